The molecule has 0 fully saturated rings. The Morgan fingerprint density at radius 2 is 1.40 bits per heavy atom. The number of nitrogens with zero attached hydrogens (tertiary/aromatic N) is 2. The summed E-state index contributed by atoms with van der Waals surface area (Å²) in [4.78, 5) is 28.5. The van der Waals surface area contributed by atoms with Crippen molar-refractivity contribution < 1.29 is 9.59 Å². The zero-order chi connectivity index (χ0) is 16.0. The monoisotopic (exact) mass is 283 g/mol. The van der Waals surface area contributed by atoms with Crippen LogP contribution in [0.2, 0.25) is 0 Å². The second kappa shape index (κ2) is 8.40. The minimum Gasteiger partial charge on any atom is -0.334 e. The van der Waals surface area contributed by atoms with Crippen LogP contribution in [-0.4, -0.2) is 54.7 Å². The molecule has 0 aromatic carbocycles. The molecule has 20 heavy (non-hydrogen) atoms. The number of amides is 1. The zero-order valence-electron chi connectivity index (χ0n) is 14.1. The van der Waals surface area contributed by atoms with Gasteiger partial charge in [0.05, 0.1) is 12.1 Å². The van der Waals surface area contributed by atoms with Crippen molar-refractivity contribution in [2.75, 3.05) is 21.1 Å². The summed E-state index contributed by atoms with van der Waals surface area (Å²) in [7, 11) is 5.55. The summed E-state index contributed by atoms with van der Waals surface area (Å²) in [6.45, 7) is 11.7. The highest BCUT2D eigenvalue weighted by Gasteiger charge is 2.34. The number of likely N-dealkylation sites (N-methyl/N-ethyl adjacent to an activating group) is 2. The summed E-state index contributed by atoms with van der Waals surface area (Å²) in [5, 5.41) is 0. The molecule has 0 saturated heterocycles. The van der Waals surface area contributed by atoms with Crippen LogP contribution in [0, 0.1) is 18.8 Å². The number of rotatable bonds is 8. The predicted octanol–water partition coefficient (Wildman–Crippen LogP) is 2.24. The number of Topliss-reactive ketones (excluding diaryl/α,β-unsaturated/α-hetero) is 1. The second-order valence-electron chi connectivity index (χ2n) is 6.36. The molecule has 4 heteroatoms. The van der Waals surface area contributed by atoms with Crippen molar-refractivity contribution in [2.24, 2.45) is 11.8 Å². The minimum absolute atomic E-state index is 0.0149. The number of hydrogen-bond donors (Lipinski definition) is 0. The molecule has 0 bridgehead atoms. The molecule has 0 N–H and O–H groups in total. The molecule has 0 aromatic heterocycles. The average molecular weight is 283 g/mol. The van der Waals surface area contributed by atoms with Crippen molar-refractivity contribution in [3.8, 4) is 0 Å². The highest BCUT2D eigenvalue weighted by atomic mass is 16.2. The molecule has 117 valence electrons. The lowest BCUT2D eigenvalue weighted by atomic mass is 9.93. The Kier molecular flexibility index (Phi) is 8.02. The van der Waals surface area contributed by atoms with E-state index in [1.807, 2.05) is 46.7 Å². The Morgan fingerprint density at radius 3 is 1.70 bits per heavy atom. The fourth-order valence-corrected chi connectivity index (χ4v) is 2.81. The largest absolute Gasteiger partial charge is 0.334 e. The van der Waals surface area contributed by atoms with Gasteiger partial charge in [0.15, 0.2) is 5.78 Å². The number of hydrogen-bond acceptors (Lipinski definition) is 3. The molecule has 0 rings (SSSR count). The van der Waals surface area contributed by atoms with Gasteiger partial charge in [-0.2, -0.15) is 0 Å². The van der Waals surface area contributed by atoms with E-state index in [1.54, 1.807) is 11.9 Å². The number of ketones is 1. The van der Waals surface area contributed by atoms with E-state index >= 15 is 0 Å². The first-order valence-corrected chi connectivity index (χ1v) is 7.40. The summed E-state index contributed by atoms with van der Waals surface area (Å²) < 4.78 is 0. The Morgan fingerprint density at radius 1 is 0.950 bits per heavy atom. The van der Waals surface area contributed by atoms with Crippen LogP contribution >= 0.6 is 0 Å². The van der Waals surface area contributed by atoms with Crippen LogP contribution in [0.5, 0.6) is 0 Å². The number of carbonyl (C=O) groups is 2. The fraction of sp³-hybridized carbons (Fsp3) is 0.812. The molecular formula is C16H31N2O2. The summed E-state index contributed by atoms with van der Waals surface area (Å²) >= 11 is 0. The van der Waals surface area contributed by atoms with E-state index in [-0.39, 0.29) is 35.6 Å². The van der Waals surface area contributed by atoms with E-state index in [9.17, 15) is 9.59 Å². The molecule has 0 aliphatic heterocycles. The SMILES string of the molecule is [CH2]CCC(=O)[C@H](C(C)C)N(C)C(=O)[C@H](C(C)C)N(C)C. The van der Waals surface area contributed by atoms with E-state index in [0.717, 1.165) is 0 Å². The first-order chi connectivity index (χ1) is 9.14. The molecule has 0 aliphatic carbocycles. The second-order valence-corrected chi connectivity index (χ2v) is 6.36. The maximum atomic E-state index is 12.7. The molecule has 0 saturated carbocycles. The van der Waals surface area contributed by atoms with Crippen molar-refractivity contribution >= 4 is 11.7 Å². The van der Waals surface area contributed by atoms with Crippen LogP contribution in [-0.2, 0) is 9.59 Å². The molecule has 0 spiro atoms. The van der Waals surface area contributed by atoms with Gasteiger partial charge in [-0.1, -0.05) is 34.6 Å². The molecule has 1 radical (unpaired) electrons. The topological polar surface area (TPSA) is 40.6 Å². The molecule has 0 unspecified atom stereocenters. The van der Waals surface area contributed by atoms with Crippen molar-refractivity contribution in [3.63, 3.8) is 0 Å². The third kappa shape index (κ3) is 4.89. The fourth-order valence-electron chi connectivity index (χ4n) is 2.81. The van der Waals surface area contributed by atoms with Crippen LogP contribution in [0.15, 0.2) is 0 Å². The third-order valence-electron chi connectivity index (χ3n) is 3.59. The van der Waals surface area contributed by atoms with Gasteiger partial charge in [-0.25, -0.2) is 0 Å². The van der Waals surface area contributed by atoms with Gasteiger partial charge in [0.2, 0.25) is 5.91 Å². The van der Waals surface area contributed by atoms with Gasteiger partial charge in [-0.15, -0.1) is 0 Å². The molecule has 1 amide bonds. The van der Waals surface area contributed by atoms with Gasteiger partial charge in [-0.3, -0.25) is 14.5 Å². The molecule has 2 atom stereocenters. The van der Waals surface area contributed by atoms with Crippen molar-refractivity contribution in [2.45, 2.75) is 52.6 Å². The van der Waals surface area contributed by atoms with Crippen LogP contribution < -0.4 is 0 Å². The lowest BCUT2D eigenvalue weighted by Crippen LogP contribution is -2.54. The van der Waals surface area contributed by atoms with Gasteiger partial charge in [0, 0.05) is 13.5 Å². The van der Waals surface area contributed by atoms with Gasteiger partial charge >= 0.3 is 0 Å². The van der Waals surface area contributed by atoms with Crippen LogP contribution in [0.25, 0.3) is 0 Å². The average Bonchev–Trinajstić information content (AvgIpc) is 2.27. The van der Waals surface area contributed by atoms with Crippen molar-refractivity contribution in [3.05, 3.63) is 6.92 Å². The Hall–Kier alpha value is -0.900. The Balaban J connectivity index is 5.19. The van der Waals surface area contributed by atoms with E-state index in [4.69, 9.17) is 0 Å². The first-order valence-electron chi connectivity index (χ1n) is 7.40. The summed E-state index contributed by atoms with van der Waals surface area (Å²) in [6.07, 6.45) is 1.00. The van der Waals surface area contributed by atoms with Gasteiger partial charge in [-0.05, 0) is 32.4 Å². The van der Waals surface area contributed by atoms with E-state index in [0.29, 0.717) is 12.8 Å². The van der Waals surface area contributed by atoms with Crippen molar-refractivity contribution in [1.29, 1.82) is 0 Å². The summed E-state index contributed by atoms with van der Waals surface area (Å²) in [6, 6.07) is -0.556. The lowest BCUT2D eigenvalue weighted by Gasteiger charge is -2.36. The third-order valence-corrected chi connectivity index (χ3v) is 3.59. The van der Waals surface area contributed by atoms with Gasteiger partial charge in [0.25, 0.3) is 0 Å². The highest BCUT2D eigenvalue weighted by molar-refractivity contribution is 5.91. The van der Waals surface area contributed by atoms with Gasteiger partial charge in [0.1, 0.15) is 0 Å². The first kappa shape index (κ1) is 19.1. The molecule has 0 aromatic rings. The number of carbonyl (C=O) groups excluding carboxylic acids is 2. The molecular weight excluding hydrogens is 252 g/mol. The molecule has 0 heterocycles. The zero-order valence-corrected chi connectivity index (χ0v) is 14.1. The Bertz CT molecular complexity index is 316. The molecule has 0 aliphatic rings. The Labute approximate surface area is 124 Å². The maximum Gasteiger partial charge on any atom is 0.240 e. The van der Waals surface area contributed by atoms with Crippen LogP contribution in [0.1, 0.15) is 40.5 Å². The normalized spacial score (nSPS) is 14.8. The van der Waals surface area contributed by atoms with Crippen molar-refractivity contribution in [1.82, 2.24) is 9.80 Å². The van der Waals surface area contributed by atoms with Crippen LogP contribution in [0.4, 0.5) is 0 Å². The quantitative estimate of drug-likeness (QED) is 0.686. The summed E-state index contributed by atoms with van der Waals surface area (Å²) in [5.41, 5.74) is 0. The standard InChI is InChI=1S/C16H31N2O2/c1-9-10-13(19)14(11(2)3)18(8)16(20)15(12(4)5)17(6)7/h11-12,14-15H,1,9-10H2,2-8H3/t14-,15-/m0/s1. The summed E-state index contributed by atoms with van der Waals surface area (Å²) in [5.74, 6) is 0.432. The molecule has 4 nitrogen and oxygen atoms in total. The van der Waals surface area contributed by atoms with E-state index in [1.165, 1.54) is 0 Å². The predicted molar refractivity (Wildman–Crippen MR) is 83.3 cm³/mol. The van der Waals surface area contributed by atoms with Gasteiger partial charge < -0.3 is 4.90 Å². The van der Waals surface area contributed by atoms with E-state index in [2.05, 4.69) is 6.92 Å². The lowest BCUT2D eigenvalue weighted by molar-refractivity contribution is -0.144. The minimum atomic E-state index is -0.356. The maximum absolute atomic E-state index is 12.7. The van der Waals surface area contributed by atoms with Crippen LogP contribution in [0.3, 0.4) is 0 Å². The highest BCUT2D eigenvalue weighted by Crippen LogP contribution is 2.18. The van der Waals surface area contributed by atoms with E-state index < -0.39 is 0 Å². The smallest absolute Gasteiger partial charge is 0.240 e.